The summed E-state index contributed by atoms with van der Waals surface area (Å²) < 4.78 is 10.7. The predicted octanol–water partition coefficient (Wildman–Crippen LogP) is 2.57. The van der Waals surface area contributed by atoms with Crippen molar-refractivity contribution in [1.82, 2.24) is 0 Å². The molecule has 2 aliphatic rings. The Morgan fingerprint density at radius 1 is 1.12 bits per heavy atom. The summed E-state index contributed by atoms with van der Waals surface area (Å²) in [6.45, 7) is 0. The van der Waals surface area contributed by atoms with Crippen molar-refractivity contribution in [3.8, 4) is 0 Å². The van der Waals surface area contributed by atoms with E-state index in [1.165, 1.54) is 0 Å². The first-order valence-corrected chi connectivity index (χ1v) is 5.70. The van der Waals surface area contributed by atoms with Crippen LogP contribution in [-0.4, -0.2) is 17.4 Å². The normalized spacial score (nSPS) is 19.6. The topological polar surface area (TPSA) is 55.8 Å². The molecule has 0 radical (unpaired) electrons. The molecule has 2 aliphatic carbocycles. The molecule has 0 heterocycles. The van der Waals surface area contributed by atoms with Gasteiger partial charge in [-0.25, -0.2) is 4.79 Å². The maximum absolute atomic E-state index is 11.0. The summed E-state index contributed by atoms with van der Waals surface area (Å²) in [5, 5.41) is 8.99. The largest absolute Gasteiger partial charge is 0.476 e. The van der Waals surface area contributed by atoms with Gasteiger partial charge < -0.3 is 14.6 Å². The van der Waals surface area contributed by atoms with Crippen LogP contribution in [0.25, 0.3) is 0 Å². The Hall–Kier alpha value is -1.45. The molecule has 1 N–H and O–H groups in total. The maximum atomic E-state index is 11.0. The molecule has 0 aliphatic heterocycles. The molecule has 4 nitrogen and oxygen atoms in total. The number of hydrogen-bond acceptors (Lipinski definition) is 3. The van der Waals surface area contributed by atoms with Crippen molar-refractivity contribution in [1.29, 1.82) is 0 Å². The van der Waals surface area contributed by atoms with Crippen LogP contribution in [0.2, 0.25) is 0 Å². The van der Waals surface area contributed by atoms with Crippen molar-refractivity contribution in [2.75, 3.05) is 0 Å². The molecule has 0 saturated carbocycles. The van der Waals surface area contributed by atoms with E-state index in [2.05, 4.69) is 0 Å². The van der Waals surface area contributed by atoms with Crippen LogP contribution in [0.3, 0.4) is 0 Å². The lowest BCUT2D eigenvalue weighted by molar-refractivity contribution is -0.173. The van der Waals surface area contributed by atoms with Crippen LogP contribution in [0.15, 0.2) is 23.7 Å². The molecule has 0 aromatic rings. The van der Waals surface area contributed by atoms with Crippen molar-refractivity contribution < 1.29 is 19.4 Å². The van der Waals surface area contributed by atoms with Gasteiger partial charge in [0.25, 0.3) is 0 Å². The van der Waals surface area contributed by atoms with Crippen LogP contribution in [0.1, 0.15) is 38.5 Å². The standard InChI is InChI=1S/C12H16O4/c13-11(14)12(15-9-5-1-2-6-9)16-10-7-3-4-8-10/h5,7,12H,1-4,6,8H2,(H,13,14). The average Bonchev–Trinajstić information content (AvgIpc) is 2.88. The van der Waals surface area contributed by atoms with Crippen molar-refractivity contribution >= 4 is 5.97 Å². The first kappa shape index (κ1) is 11.0. The highest BCUT2D eigenvalue weighted by Crippen LogP contribution is 2.24. The number of aliphatic carboxylic acids is 1. The Kier molecular flexibility index (Phi) is 3.49. The Bertz CT molecular complexity index is 304. The van der Waals surface area contributed by atoms with Gasteiger partial charge in [-0.2, -0.15) is 0 Å². The molecule has 2 rings (SSSR count). The van der Waals surface area contributed by atoms with Gasteiger partial charge in [0.1, 0.15) is 0 Å². The van der Waals surface area contributed by atoms with E-state index in [0.717, 1.165) is 50.0 Å². The molecule has 0 saturated heterocycles. The minimum absolute atomic E-state index is 0.742. The van der Waals surface area contributed by atoms with Crippen LogP contribution >= 0.6 is 0 Å². The third kappa shape index (κ3) is 2.78. The summed E-state index contributed by atoms with van der Waals surface area (Å²) in [7, 11) is 0. The highest BCUT2D eigenvalue weighted by Gasteiger charge is 2.25. The minimum atomic E-state index is -1.19. The molecule has 0 aromatic carbocycles. The summed E-state index contributed by atoms with van der Waals surface area (Å²) in [6.07, 6.45) is 8.29. The molecule has 0 bridgehead atoms. The number of rotatable bonds is 5. The number of carboxylic acids is 1. The van der Waals surface area contributed by atoms with Gasteiger partial charge >= 0.3 is 12.3 Å². The molecule has 0 spiro atoms. The van der Waals surface area contributed by atoms with Gasteiger partial charge in [-0.1, -0.05) is 0 Å². The van der Waals surface area contributed by atoms with Crippen LogP contribution in [0, 0.1) is 0 Å². The quantitative estimate of drug-likeness (QED) is 0.729. The minimum Gasteiger partial charge on any atom is -0.476 e. The van der Waals surface area contributed by atoms with E-state index in [1.807, 2.05) is 12.2 Å². The Labute approximate surface area is 94.5 Å². The third-order valence-corrected chi connectivity index (χ3v) is 2.72. The van der Waals surface area contributed by atoms with E-state index in [1.54, 1.807) is 0 Å². The second-order valence-electron chi connectivity index (χ2n) is 4.03. The van der Waals surface area contributed by atoms with Crippen molar-refractivity contribution in [3.63, 3.8) is 0 Å². The van der Waals surface area contributed by atoms with Crippen molar-refractivity contribution in [2.24, 2.45) is 0 Å². The van der Waals surface area contributed by atoms with Gasteiger partial charge in [0, 0.05) is 12.8 Å². The van der Waals surface area contributed by atoms with E-state index in [4.69, 9.17) is 14.6 Å². The average molecular weight is 224 g/mol. The van der Waals surface area contributed by atoms with Gasteiger partial charge in [0.05, 0.1) is 11.5 Å². The second-order valence-corrected chi connectivity index (χ2v) is 4.03. The van der Waals surface area contributed by atoms with Gasteiger partial charge in [-0.05, 0) is 37.8 Å². The molecule has 88 valence electrons. The van der Waals surface area contributed by atoms with Gasteiger partial charge in [0.15, 0.2) is 0 Å². The highest BCUT2D eigenvalue weighted by atomic mass is 16.7. The smallest absolute Gasteiger partial charge is 0.387 e. The highest BCUT2D eigenvalue weighted by molar-refractivity contribution is 5.71. The van der Waals surface area contributed by atoms with E-state index in [9.17, 15) is 4.79 Å². The molecule has 4 heteroatoms. The molecule has 0 atom stereocenters. The fourth-order valence-electron chi connectivity index (χ4n) is 1.90. The molecule has 0 unspecified atom stereocenters. The first-order chi connectivity index (χ1) is 7.75. The Morgan fingerprint density at radius 2 is 1.62 bits per heavy atom. The molecule has 16 heavy (non-hydrogen) atoms. The van der Waals surface area contributed by atoms with Crippen LogP contribution in [0.5, 0.6) is 0 Å². The zero-order chi connectivity index (χ0) is 11.4. The van der Waals surface area contributed by atoms with Crippen molar-refractivity contribution in [3.05, 3.63) is 23.7 Å². The molecule has 0 aromatic heterocycles. The van der Waals surface area contributed by atoms with E-state index in [0.29, 0.717) is 0 Å². The number of ether oxygens (including phenoxy) is 2. The summed E-state index contributed by atoms with van der Waals surface area (Å²) in [5.41, 5.74) is 0. The number of allylic oxidation sites excluding steroid dienone is 4. The van der Waals surface area contributed by atoms with Crippen LogP contribution in [-0.2, 0) is 14.3 Å². The molecule has 0 fully saturated rings. The summed E-state index contributed by atoms with van der Waals surface area (Å²) in [6, 6.07) is 0. The van der Waals surface area contributed by atoms with Gasteiger partial charge in [-0.3, -0.25) is 0 Å². The molecular weight excluding hydrogens is 208 g/mol. The molecular formula is C12H16O4. The van der Waals surface area contributed by atoms with Gasteiger partial charge in [0.2, 0.25) is 0 Å². The third-order valence-electron chi connectivity index (χ3n) is 2.72. The summed E-state index contributed by atoms with van der Waals surface area (Å²) in [5.74, 6) is 0.414. The Morgan fingerprint density at radius 3 is 1.94 bits per heavy atom. The van der Waals surface area contributed by atoms with Crippen molar-refractivity contribution in [2.45, 2.75) is 44.8 Å². The zero-order valence-electron chi connectivity index (χ0n) is 9.15. The zero-order valence-corrected chi connectivity index (χ0v) is 9.15. The van der Waals surface area contributed by atoms with Gasteiger partial charge in [-0.15, -0.1) is 0 Å². The van der Waals surface area contributed by atoms with E-state index >= 15 is 0 Å². The summed E-state index contributed by atoms with van der Waals surface area (Å²) >= 11 is 0. The Balaban J connectivity index is 1.91. The van der Waals surface area contributed by atoms with E-state index in [-0.39, 0.29) is 0 Å². The SMILES string of the molecule is O=C(O)C(OC1=CCCC1)OC1=CCCC1. The molecule has 0 amide bonds. The number of carboxylic acid groups (broad SMARTS) is 1. The number of hydrogen-bond donors (Lipinski definition) is 1. The van der Waals surface area contributed by atoms with Crippen LogP contribution in [0.4, 0.5) is 0 Å². The fourth-order valence-corrected chi connectivity index (χ4v) is 1.90. The first-order valence-electron chi connectivity index (χ1n) is 5.70. The summed E-state index contributed by atoms with van der Waals surface area (Å²) in [4.78, 5) is 11.0. The van der Waals surface area contributed by atoms with Crippen LogP contribution < -0.4 is 0 Å². The number of carbonyl (C=O) groups is 1. The lowest BCUT2D eigenvalue weighted by Gasteiger charge is -2.17. The predicted molar refractivity (Wildman–Crippen MR) is 57.5 cm³/mol. The lowest BCUT2D eigenvalue weighted by Crippen LogP contribution is -2.26. The maximum Gasteiger partial charge on any atom is 0.387 e. The second kappa shape index (κ2) is 5.05. The van der Waals surface area contributed by atoms with E-state index < -0.39 is 12.3 Å². The lowest BCUT2D eigenvalue weighted by atomic mass is 10.3. The monoisotopic (exact) mass is 224 g/mol. The fraction of sp³-hybridized carbons (Fsp3) is 0.583.